The van der Waals surface area contributed by atoms with Crippen LogP contribution in [0.2, 0.25) is 0 Å². The average molecular weight is 358 g/mol. The largest absolute Gasteiger partial charge is 0.373 e. The van der Waals surface area contributed by atoms with Gasteiger partial charge in [0.15, 0.2) is 0 Å². The molecular weight excluding hydrogens is 334 g/mol. The van der Waals surface area contributed by atoms with E-state index in [-0.39, 0.29) is 72.8 Å². The summed E-state index contributed by atoms with van der Waals surface area (Å²) >= 11 is 0. The molecular formula is C16H24ClN3O4. The Morgan fingerprint density at radius 3 is 2.33 bits per heavy atom. The molecule has 1 N–H and O–H groups in total. The van der Waals surface area contributed by atoms with Crippen LogP contribution < -0.4 is 5.32 Å². The molecule has 7 nitrogen and oxygen atoms in total. The first-order valence-electron chi connectivity index (χ1n) is 8.52. The van der Waals surface area contributed by atoms with Crippen LogP contribution in [0.1, 0.15) is 26.7 Å². The average Bonchev–Trinajstić information content (AvgIpc) is 3.19. The number of fused-ring (bicyclic) bond motifs is 5. The number of rotatable bonds is 2. The zero-order valence-electron chi connectivity index (χ0n) is 13.9. The molecule has 4 aliphatic heterocycles. The molecule has 8 heteroatoms. The Hall–Kier alpha value is -1.18. The number of carbonyl (C=O) groups excluding carboxylic acids is 3. The molecule has 134 valence electrons. The molecule has 0 aromatic heterocycles. The van der Waals surface area contributed by atoms with Crippen LogP contribution in [0.25, 0.3) is 0 Å². The Balaban J connectivity index is 0.00000169. The van der Waals surface area contributed by atoms with E-state index in [2.05, 4.69) is 5.32 Å². The number of hydrogen-bond donors (Lipinski definition) is 1. The highest BCUT2D eigenvalue weighted by Crippen LogP contribution is 2.48. The van der Waals surface area contributed by atoms with E-state index >= 15 is 0 Å². The highest BCUT2D eigenvalue weighted by Gasteiger charge is 2.62. The standard InChI is InChI=1S/C16H23N3O4.ClH/c1-8-9(2)18(6-5-17-8)12(20)7-19-15(21)13-10-3-4-11(23-10)14(13)16(19)22;/h8-11,13-14,17H,3-7H2,1-2H3;1H. The minimum absolute atomic E-state index is 0. The molecule has 0 aliphatic carbocycles. The van der Waals surface area contributed by atoms with Crippen molar-refractivity contribution >= 4 is 30.1 Å². The number of piperazine rings is 1. The second-order valence-corrected chi connectivity index (χ2v) is 7.18. The summed E-state index contributed by atoms with van der Waals surface area (Å²) in [6.07, 6.45) is 1.44. The molecule has 0 aromatic rings. The van der Waals surface area contributed by atoms with Gasteiger partial charge in [0.05, 0.1) is 24.0 Å². The fraction of sp³-hybridized carbons (Fsp3) is 0.812. The van der Waals surface area contributed by atoms with E-state index in [4.69, 9.17) is 4.74 Å². The Kier molecular flexibility index (Phi) is 4.61. The number of carbonyl (C=O) groups is 3. The van der Waals surface area contributed by atoms with E-state index in [9.17, 15) is 14.4 Å². The molecule has 3 amide bonds. The second-order valence-electron chi connectivity index (χ2n) is 7.18. The molecule has 0 spiro atoms. The van der Waals surface area contributed by atoms with Crippen LogP contribution in [0.4, 0.5) is 0 Å². The first-order chi connectivity index (χ1) is 11.0. The van der Waals surface area contributed by atoms with Crippen LogP contribution in [0.15, 0.2) is 0 Å². The number of imide groups is 1. The fourth-order valence-electron chi connectivity index (χ4n) is 4.56. The summed E-state index contributed by atoms with van der Waals surface area (Å²) in [5.74, 6) is -1.27. The number of nitrogens with zero attached hydrogens (tertiary/aromatic N) is 2. The topological polar surface area (TPSA) is 79.0 Å². The summed E-state index contributed by atoms with van der Waals surface area (Å²) in [5.41, 5.74) is 0. The first kappa shape index (κ1) is 17.6. The van der Waals surface area contributed by atoms with Crippen molar-refractivity contribution in [1.82, 2.24) is 15.1 Å². The number of hydrogen-bond acceptors (Lipinski definition) is 5. The fourth-order valence-corrected chi connectivity index (χ4v) is 4.56. The molecule has 4 saturated heterocycles. The van der Waals surface area contributed by atoms with Crippen molar-refractivity contribution < 1.29 is 19.1 Å². The Bertz CT molecular complexity index is 544. The monoisotopic (exact) mass is 357 g/mol. The predicted octanol–water partition coefficient (Wildman–Crippen LogP) is -0.221. The molecule has 0 aromatic carbocycles. The van der Waals surface area contributed by atoms with E-state index in [1.165, 1.54) is 4.90 Å². The van der Waals surface area contributed by atoms with Crippen molar-refractivity contribution in [3.8, 4) is 0 Å². The van der Waals surface area contributed by atoms with Crippen molar-refractivity contribution in [2.45, 2.75) is 51.0 Å². The highest BCUT2D eigenvalue weighted by atomic mass is 35.5. The molecule has 24 heavy (non-hydrogen) atoms. The SMILES string of the molecule is CC1NCCN(C(=O)CN2C(=O)C3C4CCC(O4)C3C2=O)C1C.Cl. The quantitative estimate of drug-likeness (QED) is 0.691. The van der Waals surface area contributed by atoms with Crippen LogP contribution >= 0.6 is 12.4 Å². The third-order valence-corrected chi connectivity index (χ3v) is 6.02. The minimum atomic E-state index is -0.353. The summed E-state index contributed by atoms with van der Waals surface area (Å²) in [6, 6.07) is 0.268. The molecule has 0 radical (unpaired) electrons. The summed E-state index contributed by atoms with van der Waals surface area (Å²) in [6.45, 7) is 5.26. The molecule has 4 fully saturated rings. The Morgan fingerprint density at radius 1 is 1.17 bits per heavy atom. The zero-order valence-corrected chi connectivity index (χ0v) is 14.8. The lowest BCUT2D eigenvalue weighted by molar-refractivity contribution is -0.149. The van der Waals surface area contributed by atoms with Crippen molar-refractivity contribution in [1.29, 1.82) is 0 Å². The molecule has 4 heterocycles. The van der Waals surface area contributed by atoms with Gasteiger partial charge in [-0.15, -0.1) is 12.4 Å². The van der Waals surface area contributed by atoms with E-state index < -0.39 is 0 Å². The summed E-state index contributed by atoms with van der Waals surface area (Å²) < 4.78 is 5.71. The first-order valence-corrected chi connectivity index (χ1v) is 8.52. The van der Waals surface area contributed by atoms with E-state index in [0.717, 1.165) is 19.4 Å². The van der Waals surface area contributed by atoms with Crippen molar-refractivity contribution in [3.05, 3.63) is 0 Å². The molecule has 2 bridgehead atoms. The molecule has 4 aliphatic rings. The third-order valence-electron chi connectivity index (χ3n) is 6.02. The lowest BCUT2D eigenvalue weighted by Crippen LogP contribution is -2.59. The smallest absolute Gasteiger partial charge is 0.243 e. The van der Waals surface area contributed by atoms with Gasteiger partial charge >= 0.3 is 0 Å². The summed E-state index contributed by atoms with van der Waals surface area (Å²) in [7, 11) is 0. The van der Waals surface area contributed by atoms with Gasteiger partial charge in [-0.2, -0.15) is 0 Å². The van der Waals surface area contributed by atoms with Crippen molar-refractivity contribution in [3.63, 3.8) is 0 Å². The zero-order chi connectivity index (χ0) is 16.3. The van der Waals surface area contributed by atoms with Gasteiger partial charge in [-0.05, 0) is 26.7 Å². The highest BCUT2D eigenvalue weighted by molar-refractivity contribution is 6.08. The summed E-state index contributed by atoms with van der Waals surface area (Å²) in [4.78, 5) is 40.8. The van der Waals surface area contributed by atoms with Gasteiger partial charge in [0.2, 0.25) is 17.7 Å². The second kappa shape index (κ2) is 6.28. The van der Waals surface area contributed by atoms with Gasteiger partial charge in [0, 0.05) is 25.2 Å². The lowest BCUT2D eigenvalue weighted by Gasteiger charge is -2.39. The predicted molar refractivity (Wildman–Crippen MR) is 87.5 cm³/mol. The van der Waals surface area contributed by atoms with Crippen LogP contribution in [-0.2, 0) is 19.1 Å². The third kappa shape index (κ3) is 2.45. The number of nitrogens with one attached hydrogen (secondary N) is 1. The van der Waals surface area contributed by atoms with Crippen LogP contribution in [0.3, 0.4) is 0 Å². The van der Waals surface area contributed by atoms with E-state index in [1.54, 1.807) is 4.90 Å². The van der Waals surface area contributed by atoms with Crippen LogP contribution in [0, 0.1) is 11.8 Å². The van der Waals surface area contributed by atoms with Crippen LogP contribution in [-0.4, -0.2) is 71.4 Å². The Morgan fingerprint density at radius 2 is 1.75 bits per heavy atom. The number of likely N-dealkylation sites (tertiary alicyclic amines) is 1. The number of ether oxygens (including phenoxy) is 1. The van der Waals surface area contributed by atoms with Gasteiger partial charge in [0.1, 0.15) is 6.54 Å². The lowest BCUT2D eigenvalue weighted by atomic mass is 9.81. The number of amides is 3. The number of halogens is 1. The molecule has 6 atom stereocenters. The Labute approximate surface area is 147 Å². The normalized spacial score (nSPS) is 40.8. The van der Waals surface area contributed by atoms with E-state index in [1.807, 2.05) is 13.8 Å². The summed E-state index contributed by atoms with van der Waals surface area (Å²) in [5, 5.41) is 3.32. The van der Waals surface area contributed by atoms with Crippen LogP contribution in [0.5, 0.6) is 0 Å². The van der Waals surface area contributed by atoms with Gasteiger partial charge < -0.3 is 15.0 Å². The molecule has 6 unspecified atom stereocenters. The minimum Gasteiger partial charge on any atom is -0.373 e. The maximum Gasteiger partial charge on any atom is 0.243 e. The van der Waals surface area contributed by atoms with E-state index in [0.29, 0.717) is 6.54 Å². The van der Waals surface area contributed by atoms with Gasteiger partial charge in [0.25, 0.3) is 0 Å². The van der Waals surface area contributed by atoms with Crippen molar-refractivity contribution in [2.24, 2.45) is 11.8 Å². The maximum absolute atomic E-state index is 12.6. The van der Waals surface area contributed by atoms with Gasteiger partial charge in [-0.3, -0.25) is 19.3 Å². The molecule has 0 saturated carbocycles. The van der Waals surface area contributed by atoms with Crippen molar-refractivity contribution in [2.75, 3.05) is 19.6 Å². The van der Waals surface area contributed by atoms with Gasteiger partial charge in [-0.1, -0.05) is 0 Å². The maximum atomic E-state index is 12.6. The molecule has 4 rings (SSSR count). The van der Waals surface area contributed by atoms with Gasteiger partial charge in [-0.25, -0.2) is 0 Å².